The lowest BCUT2D eigenvalue weighted by Crippen LogP contribution is -2.52. The number of carbonyl (C=O) groups is 3. The van der Waals surface area contributed by atoms with Gasteiger partial charge in [-0.3, -0.25) is 10.1 Å². The normalized spacial score (nSPS) is 14.6. The van der Waals surface area contributed by atoms with Crippen molar-refractivity contribution in [2.45, 2.75) is 32.7 Å². The monoisotopic (exact) mass is 516 g/mol. The number of carbonyl (C=O) groups excluding carboxylic acids is 3. The van der Waals surface area contributed by atoms with Crippen molar-refractivity contribution in [3.05, 3.63) is 64.7 Å². The second kappa shape index (κ2) is 13.1. The molecule has 1 aliphatic rings. The largest absolute Gasteiger partial charge is 0.448 e. The Morgan fingerprint density at radius 3 is 2.39 bits per heavy atom. The van der Waals surface area contributed by atoms with Gasteiger partial charge in [0.1, 0.15) is 13.2 Å². The van der Waals surface area contributed by atoms with E-state index in [9.17, 15) is 14.4 Å². The molecule has 1 saturated heterocycles. The molecule has 10 heteroatoms. The molecule has 0 unspecified atom stereocenters. The van der Waals surface area contributed by atoms with Crippen LogP contribution in [0.4, 0.5) is 15.3 Å². The Labute approximate surface area is 216 Å². The van der Waals surface area contributed by atoms with Crippen molar-refractivity contribution in [2.75, 3.05) is 38.2 Å². The molecule has 0 atom stereocenters. The van der Waals surface area contributed by atoms with Crippen LogP contribution in [-0.2, 0) is 27.2 Å². The average Bonchev–Trinajstić information content (AvgIpc) is 2.90. The summed E-state index contributed by atoms with van der Waals surface area (Å²) in [6.07, 6.45) is 0.379. The molecule has 194 valence electrons. The first-order chi connectivity index (χ1) is 17.4. The summed E-state index contributed by atoms with van der Waals surface area (Å²) in [6.45, 7) is 3.08. The molecule has 3 rings (SSSR count). The quantitative estimate of drug-likeness (QED) is 0.464. The molecule has 9 nitrogen and oxygen atoms in total. The van der Waals surface area contributed by atoms with E-state index in [1.807, 2.05) is 30.3 Å². The summed E-state index contributed by atoms with van der Waals surface area (Å²) in [4.78, 5) is 39.7. The first-order valence-electron chi connectivity index (χ1n) is 12.0. The number of halogens is 1. The van der Waals surface area contributed by atoms with Crippen LogP contribution < -0.4 is 16.4 Å². The van der Waals surface area contributed by atoms with Gasteiger partial charge < -0.3 is 25.4 Å². The third kappa shape index (κ3) is 7.35. The standard InChI is InChI=1S/C26H33ClN4O5/c1-2-19-7-9-21(10-8-19)30-24(33)36-18-26(11-14-31(15-12-26)25(34)35-16-13-28)23(32)29-17-20-5-3-4-6-22(20)27/h3-10H,2,11-18,28H2,1H3,(H,29,32)(H,30,33). The van der Waals surface area contributed by atoms with Crippen molar-refractivity contribution in [1.82, 2.24) is 10.2 Å². The van der Waals surface area contributed by atoms with E-state index in [2.05, 4.69) is 17.6 Å². The average molecular weight is 517 g/mol. The minimum Gasteiger partial charge on any atom is -0.448 e. The maximum Gasteiger partial charge on any atom is 0.411 e. The zero-order chi connectivity index (χ0) is 26.0. The van der Waals surface area contributed by atoms with E-state index in [1.54, 1.807) is 18.2 Å². The number of likely N-dealkylation sites (tertiary alicyclic amines) is 1. The molecule has 1 fully saturated rings. The number of nitrogens with one attached hydrogen (secondary N) is 2. The van der Waals surface area contributed by atoms with E-state index in [0.29, 0.717) is 23.6 Å². The van der Waals surface area contributed by atoms with Gasteiger partial charge in [0.2, 0.25) is 5.91 Å². The molecule has 0 bridgehead atoms. The van der Waals surface area contributed by atoms with Crippen molar-refractivity contribution >= 4 is 35.4 Å². The van der Waals surface area contributed by atoms with Crippen LogP contribution in [0.25, 0.3) is 0 Å². The fraction of sp³-hybridized carbons (Fsp3) is 0.423. The number of hydrogen-bond acceptors (Lipinski definition) is 6. The minimum absolute atomic E-state index is 0.126. The molecule has 0 aromatic heterocycles. The second-order valence-electron chi connectivity index (χ2n) is 8.70. The van der Waals surface area contributed by atoms with Crippen molar-refractivity contribution in [3.63, 3.8) is 0 Å². The van der Waals surface area contributed by atoms with E-state index in [4.69, 9.17) is 26.8 Å². The van der Waals surface area contributed by atoms with Gasteiger partial charge in [-0.25, -0.2) is 9.59 Å². The lowest BCUT2D eigenvalue weighted by molar-refractivity contribution is -0.136. The van der Waals surface area contributed by atoms with Crippen molar-refractivity contribution in [3.8, 4) is 0 Å². The Morgan fingerprint density at radius 2 is 1.75 bits per heavy atom. The first kappa shape index (κ1) is 27.3. The van der Waals surface area contributed by atoms with Crippen LogP contribution >= 0.6 is 11.6 Å². The van der Waals surface area contributed by atoms with Crippen LogP contribution in [0.15, 0.2) is 48.5 Å². The molecule has 0 saturated carbocycles. The first-order valence-corrected chi connectivity index (χ1v) is 12.4. The van der Waals surface area contributed by atoms with Crippen LogP contribution in [-0.4, -0.2) is 55.8 Å². The topological polar surface area (TPSA) is 123 Å². The maximum atomic E-state index is 13.4. The minimum atomic E-state index is -1.00. The van der Waals surface area contributed by atoms with E-state index in [-0.39, 0.29) is 45.3 Å². The number of amides is 3. The Balaban J connectivity index is 1.65. The molecule has 2 aromatic carbocycles. The molecular formula is C26H33ClN4O5. The molecular weight excluding hydrogens is 484 g/mol. The molecule has 2 aromatic rings. The highest BCUT2D eigenvalue weighted by molar-refractivity contribution is 6.31. The molecule has 0 radical (unpaired) electrons. The summed E-state index contributed by atoms with van der Waals surface area (Å²) in [6, 6.07) is 14.7. The van der Waals surface area contributed by atoms with Gasteiger partial charge in [-0.2, -0.15) is 0 Å². The predicted molar refractivity (Wildman–Crippen MR) is 138 cm³/mol. The number of hydrogen-bond donors (Lipinski definition) is 3. The third-order valence-corrected chi connectivity index (χ3v) is 6.66. The van der Waals surface area contributed by atoms with Gasteiger partial charge in [0.15, 0.2) is 0 Å². The third-order valence-electron chi connectivity index (χ3n) is 6.29. The maximum absolute atomic E-state index is 13.4. The second-order valence-corrected chi connectivity index (χ2v) is 9.10. The highest BCUT2D eigenvalue weighted by atomic mass is 35.5. The predicted octanol–water partition coefficient (Wildman–Crippen LogP) is 3.94. The molecule has 0 aliphatic carbocycles. The van der Waals surface area contributed by atoms with Gasteiger partial charge in [0.05, 0.1) is 5.41 Å². The number of aryl methyl sites for hydroxylation is 1. The summed E-state index contributed by atoms with van der Waals surface area (Å²) in [5, 5.41) is 6.18. The van der Waals surface area contributed by atoms with Gasteiger partial charge in [-0.1, -0.05) is 48.9 Å². The number of anilines is 1. The summed E-state index contributed by atoms with van der Waals surface area (Å²) in [7, 11) is 0. The Kier molecular flexibility index (Phi) is 9.95. The fourth-order valence-electron chi connectivity index (χ4n) is 3.98. The Bertz CT molecular complexity index is 1040. The lowest BCUT2D eigenvalue weighted by atomic mass is 9.78. The van der Waals surface area contributed by atoms with Gasteiger partial charge in [0.25, 0.3) is 0 Å². The molecule has 0 spiro atoms. The Morgan fingerprint density at radius 1 is 1.06 bits per heavy atom. The van der Waals surface area contributed by atoms with Crippen LogP contribution in [0.3, 0.4) is 0 Å². The zero-order valence-corrected chi connectivity index (χ0v) is 21.2. The molecule has 1 heterocycles. The van der Waals surface area contributed by atoms with Crippen molar-refractivity contribution in [1.29, 1.82) is 0 Å². The van der Waals surface area contributed by atoms with Crippen LogP contribution in [0, 0.1) is 5.41 Å². The summed E-state index contributed by atoms with van der Waals surface area (Å²) in [5.41, 5.74) is 6.94. The number of piperidine rings is 1. The lowest BCUT2D eigenvalue weighted by Gasteiger charge is -2.39. The number of nitrogens with two attached hydrogens (primary N) is 1. The number of ether oxygens (including phenoxy) is 2. The molecule has 3 amide bonds. The van der Waals surface area contributed by atoms with Crippen LogP contribution in [0.1, 0.15) is 30.9 Å². The summed E-state index contributed by atoms with van der Waals surface area (Å²) >= 11 is 6.23. The number of rotatable bonds is 9. The van der Waals surface area contributed by atoms with E-state index in [0.717, 1.165) is 17.5 Å². The smallest absolute Gasteiger partial charge is 0.411 e. The molecule has 4 N–H and O–H groups in total. The van der Waals surface area contributed by atoms with Gasteiger partial charge in [0, 0.05) is 36.9 Å². The van der Waals surface area contributed by atoms with Gasteiger partial charge in [-0.15, -0.1) is 0 Å². The highest BCUT2D eigenvalue weighted by Gasteiger charge is 2.44. The van der Waals surface area contributed by atoms with E-state index >= 15 is 0 Å². The van der Waals surface area contributed by atoms with E-state index in [1.165, 1.54) is 4.90 Å². The van der Waals surface area contributed by atoms with Crippen LogP contribution in [0.2, 0.25) is 5.02 Å². The molecule has 36 heavy (non-hydrogen) atoms. The van der Waals surface area contributed by atoms with Crippen molar-refractivity contribution < 1.29 is 23.9 Å². The SMILES string of the molecule is CCc1ccc(NC(=O)OCC2(C(=O)NCc3ccccc3Cl)CCN(C(=O)OCCN)CC2)cc1. The van der Waals surface area contributed by atoms with Gasteiger partial charge >= 0.3 is 12.2 Å². The molecule has 1 aliphatic heterocycles. The van der Waals surface area contributed by atoms with E-state index < -0.39 is 17.6 Å². The number of nitrogens with zero attached hydrogens (tertiary/aromatic N) is 1. The van der Waals surface area contributed by atoms with Crippen LogP contribution in [0.5, 0.6) is 0 Å². The highest BCUT2D eigenvalue weighted by Crippen LogP contribution is 2.33. The Hall–Kier alpha value is -3.30. The van der Waals surface area contributed by atoms with Gasteiger partial charge in [-0.05, 0) is 48.6 Å². The zero-order valence-electron chi connectivity index (χ0n) is 20.4. The summed E-state index contributed by atoms with van der Waals surface area (Å²) < 4.78 is 10.6. The fourth-order valence-corrected chi connectivity index (χ4v) is 4.18. The van der Waals surface area contributed by atoms with Crippen molar-refractivity contribution in [2.24, 2.45) is 11.1 Å². The number of benzene rings is 2. The summed E-state index contributed by atoms with van der Waals surface area (Å²) in [5.74, 6) is -0.266.